The van der Waals surface area contributed by atoms with E-state index in [4.69, 9.17) is 0 Å². The Hall–Kier alpha value is -1.05. The fraction of sp³-hybridized carbons (Fsp3) is 0.636. The van der Waals surface area contributed by atoms with Crippen LogP contribution in [0.15, 0.2) is 15.5 Å². The quantitative estimate of drug-likeness (QED) is 0.835. The third-order valence-electron chi connectivity index (χ3n) is 2.39. The lowest BCUT2D eigenvalue weighted by atomic mass is 10.3. The van der Waals surface area contributed by atoms with E-state index in [1.807, 2.05) is 13.8 Å². The van der Waals surface area contributed by atoms with Crippen molar-refractivity contribution in [3.8, 4) is 0 Å². The van der Waals surface area contributed by atoms with Crippen molar-refractivity contribution in [1.29, 1.82) is 0 Å². The third kappa shape index (κ3) is 4.85. The molecular formula is C11H15BrF3N3O. The molecule has 0 aliphatic heterocycles. The molecule has 8 heteroatoms. The molecule has 19 heavy (non-hydrogen) atoms. The fourth-order valence-electron chi connectivity index (χ4n) is 1.45. The van der Waals surface area contributed by atoms with E-state index in [2.05, 4.69) is 26.3 Å². The second-order valence-corrected chi connectivity index (χ2v) is 5.15. The predicted octanol–water partition coefficient (Wildman–Crippen LogP) is 3.34. The molecule has 0 unspecified atom stereocenters. The summed E-state index contributed by atoms with van der Waals surface area (Å²) in [5, 5.41) is 6.73. The zero-order valence-electron chi connectivity index (χ0n) is 10.6. The van der Waals surface area contributed by atoms with Gasteiger partial charge in [0, 0.05) is 13.0 Å². The Morgan fingerprint density at radius 2 is 2.11 bits per heavy atom. The maximum absolute atomic E-state index is 12.0. The van der Waals surface area contributed by atoms with Crippen LogP contribution >= 0.6 is 15.9 Å². The van der Waals surface area contributed by atoms with Gasteiger partial charge in [-0.1, -0.05) is 0 Å². The number of hydrogen-bond donors (Lipinski definition) is 1. The van der Waals surface area contributed by atoms with Crippen molar-refractivity contribution < 1.29 is 13.2 Å². The highest BCUT2D eigenvalue weighted by Crippen LogP contribution is 2.22. The summed E-state index contributed by atoms with van der Waals surface area (Å²) in [6.45, 7) is 3.76. The molecule has 0 aliphatic rings. The van der Waals surface area contributed by atoms with Gasteiger partial charge in [0.05, 0.1) is 17.9 Å². The maximum Gasteiger partial charge on any atom is 0.389 e. The second kappa shape index (κ2) is 6.40. The molecule has 1 heterocycles. The molecule has 0 atom stereocenters. The Bertz CT molecular complexity index is 485. The minimum atomic E-state index is -4.15. The lowest BCUT2D eigenvalue weighted by Gasteiger charge is -2.12. The zero-order valence-corrected chi connectivity index (χ0v) is 12.2. The van der Waals surface area contributed by atoms with Gasteiger partial charge in [0.25, 0.3) is 5.56 Å². The van der Waals surface area contributed by atoms with Crippen LogP contribution in [-0.2, 0) is 0 Å². The van der Waals surface area contributed by atoms with E-state index in [0.29, 0.717) is 5.69 Å². The highest BCUT2D eigenvalue weighted by molar-refractivity contribution is 9.10. The summed E-state index contributed by atoms with van der Waals surface area (Å²) in [6, 6.07) is -0.0805. The Morgan fingerprint density at radius 1 is 1.47 bits per heavy atom. The van der Waals surface area contributed by atoms with Crippen LogP contribution in [0.5, 0.6) is 0 Å². The smallest absolute Gasteiger partial charge is 0.383 e. The molecule has 0 aromatic carbocycles. The molecule has 1 N–H and O–H groups in total. The summed E-state index contributed by atoms with van der Waals surface area (Å²) in [6.07, 6.45) is -3.63. The number of alkyl halides is 3. The number of nitrogens with zero attached hydrogens (tertiary/aromatic N) is 2. The highest BCUT2D eigenvalue weighted by atomic mass is 79.9. The largest absolute Gasteiger partial charge is 0.389 e. The van der Waals surface area contributed by atoms with Gasteiger partial charge in [0.15, 0.2) is 0 Å². The van der Waals surface area contributed by atoms with Crippen molar-refractivity contribution in [1.82, 2.24) is 9.78 Å². The molecule has 1 aromatic heterocycles. The minimum absolute atomic E-state index is 0.0524. The number of rotatable bonds is 5. The van der Waals surface area contributed by atoms with Gasteiger partial charge in [-0.2, -0.15) is 18.3 Å². The summed E-state index contributed by atoms with van der Waals surface area (Å²) in [7, 11) is 0. The first-order valence-corrected chi connectivity index (χ1v) is 6.59. The number of aromatic nitrogens is 2. The zero-order chi connectivity index (χ0) is 14.6. The summed E-state index contributed by atoms with van der Waals surface area (Å²) in [5.41, 5.74) is 0.0971. The van der Waals surface area contributed by atoms with Crippen LogP contribution in [-0.4, -0.2) is 22.5 Å². The number of hydrogen-bond acceptors (Lipinski definition) is 3. The normalized spacial score (nSPS) is 11.9. The van der Waals surface area contributed by atoms with E-state index < -0.39 is 12.6 Å². The van der Waals surface area contributed by atoms with Crippen molar-refractivity contribution in [3.63, 3.8) is 0 Å². The average molecular weight is 342 g/mol. The van der Waals surface area contributed by atoms with E-state index in [-0.39, 0.29) is 29.0 Å². The Morgan fingerprint density at radius 3 is 2.63 bits per heavy atom. The van der Waals surface area contributed by atoms with Crippen molar-refractivity contribution in [3.05, 3.63) is 21.0 Å². The molecule has 0 aliphatic carbocycles. The second-order valence-electron chi connectivity index (χ2n) is 4.36. The van der Waals surface area contributed by atoms with Gasteiger partial charge in [-0.25, -0.2) is 4.68 Å². The average Bonchev–Trinajstić information content (AvgIpc) is 2.28. The van der Waals surface area contributed by atoms with Crippen LogP contribution in [0.4, 0.5) is 18.9 Å². The van der Waals surface area contributed by atoms with Crippen LogP contribution < -0.4 is 10.9 Å². The van der Waals surface area contributed by atoms with Crippen LogP contribution in [0.25, 0.3) is 0 Å². The summed E-state index contributed by atoms with van der Waals surface area (Å²) in [4.78, 5) is 11.9. The molecule has 0 bridgehead atoms. The van der Waals surface area contributed by atoms with Gasteiger partial charge < -0.3 is 5.32 Å². The van der Waals surface area contributed by atoms with Gasteiger partial charge in [-0.15, -0.1) is 0 Å². The summed E-state index contributed by atoms with van der Waals surface area (Å²) in [5.74, 6) is 0. The van der Waals surface area contributed by atoms with Crippen LogP contribution in [0.2, 0.25) is 0 Å². The SMILES string of the molecule is CC(C)n1ncc(NCCCC(F)(F)F)c(Br)c1=O. The van der Waals surface area contributed by atoms with E-state index in [1.165, 1.54) is 10.9 Å². The lowest BCUT2D eigenvalue weighted by Crippen LogP contribution is -2.26. The van der Waals surface area contributed by atoms with Crippen LogP contribution in [0, 0.1) is 0 Å². The van der Waals surface area contributed by atoms with Gasteiger partial charge in [-0.05, 0) is 36.2 Å². The molecule has 0 radical (unpaired) electrons. The van der Waals surface area contributed by atoms with Gasteiger partial charge in [0.2, 0.25) is 0 Å². The molecule has 0 fully saturated rings. The molecular weight excluding hydrogens is 327 g/mol. The van der Waals surface area contributed by atoms with Crippen molar-refractivity contribution >= 4 is 21.6 Å². The molecule has 0 amide bonds. The summed E-state index contributed by atoms with van der Waals surface area (Å²) < 4.78 is 37.5. The Labute approximate surface area is 117 Å². The van der Waals surface area contributed by atoms with Crippen LogP contribution in [0.1, 0.15) is 32.7 Å². The van der Waals surface area contributed by atoms with Gasteiger partial charge >= 0.3 is 6.18 Å². The third-order valence-corrected chi connectivity index (χ3v) is 3.15. The predicted molar refractivity (Wildman–Crippen MR) is 70.4 cm³/mol. The number of anilines is 1. The molecule has 1 rings (SSSR count). The molecule has 0 saturated heterocycles. The van der Waals surface area contributed by atoms with E-state index >= 15 is 0 Å². The first-order chi connectivity index (χ1) is 8.72. The molecule has 1 aromatic rings. The standard InChI is InChI=1S/C11H15BrF3N3O/c1-7(2)18-10(19)9(12)8(6-17-18)16-5-3-4-11(13,14)15/h6-7,16H,3-5H2,1-2H3. The first kappa shape index (κ1) is 16.0. The Balaban J connectivity index is 2.66. The Kier molecular flexibility index (Phi) is 5.39. The molecule has 108 valence electrons. The van der Waals surface area contributed by atoms with E-state index in [1.54, 1.807) is 0 Å². The van der Waals surface area contributed by atoms with Crippen molar-refractivity contribution in [2.24, 2.45) is 0 Å². The van der Waals surface area contributed by atoms with Gasteiger partial charge in [-0.3, -0.25) is 4.79 Å². The topological polar surface area (TPSA) is 46.9 Å². The van der Waals surface area contributed by atoms with Crippen molar-refractivity contribution in [2.45, 2.75) is 38.9 Å². The summed E-state index contributed by atoms with van der Waals surface area (Å²) >= 11 is 3.13. The van der Waals surface area contributed by atoms with Gasteiger partial charge in [0.1, 0.15) is 4.47 Å². The number of nitrogens with one attached hydrogen (secondary N) is 1. The van der Waals surface area contributed by atoms with E-state index in [0.717, 1.165) is 0 Å². The first-order valence-electron chi connectivity index (χ1n) is 5.80. The minimum Gasteiger partial charge on any atom is -0.383 e. The maximum atomic E-state index is 12.0. The molecule has 0 spiro atoms. The van der Waals surface area contributed by atoms with E-state index in [9.17, 15) is 18.0 Å². The van der Waals surface area contributed by atoms with Crippen molar-refractivity contribution in [2.75, 3.05) is 11.9 Å². The van der Waals surface area contributed by atoms with Crippen LogP contribution in [0.3, 0.4) is 0 Å². The monoisotopic (exact) mass is 341 g/mol. The molecule has 4 nitrogen and oxygen atoms in total. The highest BCUT2D eigenvalue weighted by Gasteiger charge is 2.25. The molecule has 0 saturated carbocycles. The number of halogens is 4. The fourth-order valence-corrected chi connectivity index (χ4v) is 1.87. The lowest BCUT2D eigenvalue weighted by molar-refractivity contribution is -0.134.